The molecule has 0 aromatic carbocycles. The molecule has 0 saturated heterocycles. The molecule has 0 saturated carbocycles. The number of carbonyl (C=O) groups is 6. The van der Waals surface area contributed by atoms with Crippen molar-refractivity contribution >= 4 is 35.8 Å². The second-order valence-electron chi connectivity index (χ2n) is 9.59. The predicted octanol–water partition coefficient (Wildman–Crippen LogP) is -0.233. The monoisotopic (exact) mass is 788 g/mol. The summed E-state index contributed by atoms with van der Waals surface area (Å²) in [5.74, 6) is -6.01. The maximum absolute atomic E-state index is 9.88. The van der Waals surface area contributed by atoms with Crippen LogP contribution >= 0.6 is 0 Å². The van der Waals surface area contributed by atoms with Gasteiger partial charge in [0.1, 0.15) is 0 Å². The summed E-state index contributed by atoms with van der Waals surface area (Å²) < 4.78 is 0. The Bertz CT molecular complexity index is 918. The summed E-state index contributed by atoms with van der Waals surface area (Å²) >= 11 is 0. The molecule has 0 aromatic rings. The summed E-state index contributed by atoms with van der Waals surface area (Å²) in [4.78, 5) is 56.8. The van der Waals surface area contributed by atoms with Gasteiger partial charge in [-0.3, -0.25) is 0 Å². The minimum absolute atomic E-state index is 0.0486. The molecule has 0 fully saturated rings. The lowest BCUT2D eigenvalue weighted by Crippen LogP contribution is -2.32. The van der Waals surface area contributed by atoms with Crippen molar-refractivity contribution in [1.82, 2.24) is 0 Å². The molecule has 20 nitrogen and oxygen atoms in total. The zero-order chi connectivity index (χ0) is 44.9. The van der Waals surface area contributed by atoms with Gasteiger partial charge in [-0.1, -0.05) is 53.3 Å². The van der Waals surface area contributed by atoms with Crippen LogP contribution in [0.25, 0.3) is 0 Å². The molecular formula is C34H60O20. The van der Waals surface area contributed by atoms with Crippen LogP contribution in [0.5, 0.6) is 0 Å². The molecule has 14 N–H and O–H groups in total. The van der Waals surface area contributed by atoms with E-state index in [-0.39, 0.29) is 76.8 Å². The lowest BCUT2D eigenvalue weighted by molar-refractivity contribution is -0.133. The molecule has 0 spiro atoms. The molecule has 0 atom stereocenters. The molecule has 0 unspecified atom stereocenters. The van der Waals surface area contributed by atoms with Crippen LogP contribution in [0.15, 0.2) is 74.9 Å². The molecule has 0 aliphatic rings. The van der Waals surface area contributed by atoms with Crippen LogP contribution in [0.4, 0.5) is 0 Å². The Labute approximate surface area is 314 Å². The van der Waals surface area contributed by atoms with Gasteiger partial charge < -0.3 is 71.5 Å². The maximum Gasteiger partial charge on any atom is 0.331 e. The first-order valence-corrected chi connectivity index (χ1v) is 15.0. The lowest BCUT2D eigenvalue weighted by atomic mass is 9.88. The quantitative estimate of drug-likeness (QED) is 0.0797. The van der Waals surface area contributed by atoms with E-state index in [0.29, 0.717) is 12.8 Å². The van der Waals surface area contributed by atoms with E-state index in [2.05, 4.69) is 39.5 Å². The van der Waals surface area contributed by atoms with Gasteiger partial charge in [0.15, 0.2) is 0 Å². The van der Waals surface area contributed by atoms with Crippen LogP contribution in [-0.4, -0.2) is 160 Å². The first kappa shape index (κ1) is 67.1. The van der Waals surface area contributed by atoms with Gasteiger partial charge in [-0.25, -0.2) is 28.8 Å². The molecule has 0 radical (unpaired) electrons. The highest BCUT2D eigenvalue weighted by atomic mass is 16.4. The number of rotatable bonds is 18. The normalized spacial score (nSPS) is 8.93. The van der Waals surface area contributed by atoms with E-state index >= 15 is 0 Å². The van der Waals surface area contributed by atoms with Gasteiger partial charge in [0.2, 0.25) is 0 Å². The number of carboxylic acid groups (broad SMARTS) is 6. The van der Waals surface area contributed by atoms with E-state index in [0.717, 1.165) is 24.3 Å². The highest BCUT2D eigenvalue weighted by Crippen LogP contribution is 2.19. The lowest BCUT2D eigenvalue weighted by Gasteiger charge is -2.24. The van der Waals surface area contributed by atoms with E-state index in [9.17, 15) is 28.8 Å². The standard InChI is InChI=1S/2C6H14O3.2C5H8O3.4C3H4O2/c2*1-2-6(3-7,4-8)5-9;2*1-4(2-3-6)5(7)8;4*1-2-3(4)5/h2*7-9H,2-5H2,1H3;2*6H,1-3H2,(H,7,8);4*2H,1H2,(H,4,5). The van der Waals surface area contributed by atoms with Crippen molar-refractivity contribution in [3.63, 3.8) is 0 Å². The van der Waals surface area contributed by atoms with Crippen LogP contribution in [0.2, 0.25) is 0 Å². The summed E-state index contributed by atoms with van der Waals surface area (Å²) in [5.41, 5.74) is -1.24. The van der Waals surface area contributed by atoms with Crippen molar-refractivity contribution in [3.05, 3.63) is 74.9 Å². The van der Waals surface area contributed by atoms with Gasteiger partial charge in [-0.2, -0.15) is 0 Å². The van der Waals surface area contributed by atoms with Crippen LogP contribution in [-0.2, 0) is 28.8 Å². The summed E-state index contributed by atoms with van der Waals surface area (Å²) in [5, 5.41) is 115. The first-order chi connectivity index (χ1) is 24.9. The molecule has 0 aromatic heterocycles. The van der Waals surface area contributed by atoms with Crippen molar-refractivity contribution in [3.8, 4) is 0 Å². The minimum Gasteiger partial charge on any atom is -0.478 e. The molecule has 54 heavy (non-hydrogen) atoms. The predicted molar refractivity (Wildman–Crippen MR) is 196 cm³/mol. The third-order valence-corrected chi connectivity index (χ3v) is 5.64. The third-order valence-electron chi connectivity index (χ3n) is 5.64. The van der Waals surface area contributed by atoms with Gasteiger partial charge in [-0.05, 0) is 12.8 Å². The Morgan fingerprint density at radius 3 is 0.593 bits per heavy atom. The van der Waals surface area contributed by atoms with Crippen LogP contribution in [0.1, 0.15) is 39.5 Å². The summed E-state index contributed by atoms with van der Waals surface area (Å²) in [6, 6.07) is 0. The van der Waals surface area contributed by atoms with E-state index in [1.807, 2.05) is 13.8 Å². The minimum atomic E-state index is -1.04. The van der Waals surface area contributed by atoms with Gasteiger partial charge in [0.25, 0.3) is 0 Å². The van der Waals surface area contributed by atoms with Crippen molar-refractivity contribution in [2.45, 2.75) is 39.5 Å². The fraction of sp³-hybridized carbons (Fsp3) is 0.471. The number of aliphatic hydroxyl groups is 8. The number of hydrogen-bond acceptors (Lipinski definition) is 14. The fourth-order valence-electron chi connectivity index (χ4n) is 1.45. The molecule has 0 aliphatic heterocycles. The van der Waals surface area contributed by atoms with Gasteiger partial charge in [0, 0.05) is 72.3 Å². The number of hydrogen-bond donors (Lipinski definition) is 14. The number of aliphatic carboxylic acids is 6. The topological polar surface area (TPSA) is 386 Å². The average molecular weight is 789 g/mol. The van der Waals surface area contributed by atoms with Crippen molar-refractivity contribution in [2.75, 3.05) is 52.9 Å². The summed E-state index contributed by atoms with van der Waals surface area (Å²) in [6.45, 7) is 20.6. The largest absolute Gasteiger partial charge is 0.478 e. The molecule has 0 aliphatic carbocycles. The SMILES string of the molecule is C=C(CCO)C(=O)O.C=C(CCO)C(=O)O.C=CC(=O)O.C=CC(=O)O.C=CC(=O)O.C=CC(=O)O.CCC(CO)(CO)CO.CCC(CO)(CO)CO. The second-order valence-corrected chi connectivity index (χ2v) is 9.59. The van der Waals surface area contributed by atoms with Crippen molar-refractivity contribution in [2.24, 2.45) is 10.8 Å². The highest BCUT2D eigenvalue weighted by Gasteiger charge is 2.25. The van der Waals surface area contributed by atoms with Gasteiger partial charge in [-0.15, -0.1) is 0 Å². The molecule has 0 amide bonds. The molecule has 316 valence electrons. The summed E-state index contributed by atoms with van der Waals surface area (Å²) in [6.07, 6.45) is 4.82. The van der Waals surface area contributed by atoms with E-state index < -0.39 is 46.6 Å². The third kappa shape index (κ3) is 59.1. The van der Waals surface area contributed by atoms with E-state index in [1.54, 1.807) is 0 Å². The Morgan fingerprint density at radius 1 is 0.426 bits per heavy atom. The fourth-order valence-corrected chi connectivity index (χ4v) is 1.45. The Balaban J connectivity index is -0.0000000756. The number of carboxylic acids is 6. The van der Waals surface area contributed by atoms with Crippen LogP contribution in [0, 0.1) is 10.8 Å². The molecule has 0 heterocycles. The molecule has 20 heteroatoms. The van der Waals surface area contributed by atoms with E-state index in [4.69, 9.17) is 71.5 Å². The maximum atomic E-state index is 9.88. The summed E-state index contributed by atoms with van der Waals surface area (Å²) in [7, 11) is 0. The van der Waals surface area contributed by atoms with Gasteiger partial charge in [0.05, 0.1) is 39.6 Å². The smallest absolute Gasteiger partial charge is 0.331 e. The molecule has 0 bridgehead atoms. The van der Waals surface area contributed by atoms with E-state index in [1.165, 1.54) is 0 Å². The average Bonchev–Trinajstić information content (AvgIpc) is 3.15. The zero-order valence-corrected chi connectivity index (χ0v) is 30.7. The molecular weight excluding hydrogens is 728 g/mol. The Kier molecular flexibility index (Phi) is 59.6. The van der Waals surface area contributed by atoms with Crippen molar-refractivity contribution in [1.29, 1.82) is 0 Å². The number of aliphatic hydroxyl groups excluding tert-OH is 8. The first-order valence-electron chi connectivity index (χ1n) is 15.0. The highest BCUT2D eigenvalue weighted by molar-refractivity contribution is 5.86. The second kappa shape index (κ2) is 47.9. The molecule has 0 rings (SSSR count). The van der Waals surface area contributed by atoms with Crippen LogP contribution < -0.4 is 0 Å². The van der Waals surface area contributed by atoms with Crippen LogP contribution in [0.3, 0.4) is 0 Å². The Morgan fingerprint density at radius 2 is 0.574 bits per heavy atom. The Hall–Kier alpha value is -5.06. The van der Waals surface area contributed by atoms with Gasteiger partial charge >= 0.3 is 35.8 Å². The zero-order valence-electron chi connectivity index (χ0n) is 30.7. The van der Waals surface area contributed by atoms with Crippen molar-refractivity contribution < 1.29 is 100 Å².